The minimum absolute atomic E-state index is 0.114. The number of anilines is 1. The van der Waals surface area contributed by atoms with E-state index in [-0.39, 0.29) is 12.5 Å². The van der Waals surface area contributed by atoms with Crippen LogP contribution < -0.4 is 10.6 Å². The van der Waals surface area contributed by atoms with E-state index in [1.165, 1.54) is 0 Å². The van der Waals surface area contributed by atoms with Gasteiger partial charge in [-0.3, -0.25) is 4.79 Å². The molecule has 7 heteroatoms. The number of aromatic nitrogens is 3. The molecule has 1 heterocycles. The van der Waals surface area contributed by atoms with Gasteiger partial charge in [-0.25, -0.2) is 4.68 Å². The van der Waals surface area contributed by atoms with Gasteiger partial charge in [-0.05, 0) is 24.9 Å². The third-order valence-corrected chi connectivity index (χ3v) is 3.62. The van der Waals surface area contributed by atoms with Gasteiger partial charge in [0.1, 0.15) is 6.54 Å². The molecule has 0 aliphatic rings. The topological polar surface area (TPSA) is 71.8 Å². The summed E-state index contributed by atoms with van der Waals surface area (Å²) in [6, 6.07) is 7.72. The first-order chi connectivity index (χ1) is 10.2. The Hall–Kier alpha value is -1.86. The van der Waals surface area contributed by atoms with Crippen molar-refractivity contribution < 1.29 is 4.79 Å². The van der Waals surface area contributed by atoms with Crippen LogP contribution in [-0.4, -0.2) is 33.7 Å². The lowest BCUT2D eigenvalue weighted by Gasteiger charge is -2.08. The zero-order valence-electron chi connectivity index (χ0n) is 12.2. The van der Waals surface area contributed by atoms with Crippen LogP contribution in [0.4, 0.5) is 5.69 Å². The number of para-hydroxylation sites is 1. The lowest BCUT2D eigenvalue weighted by molar-refractivity contribution is -0.116. The summed E-state index contributed by atoms with van der Waals surface area (Å²) >= 11 is 1.60. The Morgan fingerprint density at radius 1 is 1.38 bits per heavy atom. The maximum Gasteiger partial charge on any atom is 0.246 e. The molecule has 1 aromatic carbocycles. The minimum atomic E-state index is -0.114. The van der Waals surface area contributed by atoms with Crippen molar-refractivity contribution in [1.82, 2.24) is 20.3 Å². The number of amides is 1. The van der Waals surface area contributed by atoms with Crippen molar-refractivity contribution >= 4 is 23.4 Å². The van der Waals surface area contributed by atoms with Crippen LogP contribution in [0.3, 0.4) is 0 Å². The summed E-state index contributed by atoms with van der Waals surface area (Å²) in [6.45, 7) is 3.72. The van der Waals surface area contributed by atoms with Gasteiger partial charge in [-0.15, -0.1) is 16.9 Å². The van der Waals surface area contributed by atoms with E-state index in [1.54, 1.807) is 22.6 Å². The van der Waals surface area contributed by atoms with Gasteiger partial charge in [-0.2, -0.15) is 0 Å². The summed E-state index contributed by atoms with van der Waals surface area (Å²) in [5, 5.41) is 14.0. The van der Waals surface area contributed by atoms with Gasteiger partial charge in [0, 0.05) is 11.4 Å². The van der Waals surface area contributed by atoms with Crippen LogP contribution >= 0.6 is 11.8 Å². The molecule has 0 radical (unpaired) electrons. The Morgan fingerprint density at radius 2 is 2.19 bits per heavy atom. The molecule has 21 heavy (non-hydrogen) atoms. The molecular weight excluding hydrogens is 286 g/mol. The van der Waals surface area contributed by atoms with Gasteiger partial charge in [0.2, 0.25) is 5.91 Å². The van der Waals surface area contributed by atoms with Gasteiger partial charge in [0.05, 0.1) is 17.6 Å². The molecule has 2 N–H and O–H groups in total. The van der Waals surface area contributed by atoms with Crippen molar-refractivity contribution in [2.45, 2.75) is 24.9 Å². The summed E-state index contributed by atoms with van der Waals surface area (Å²) < 4.78 is 1.55. The van der Waals surface area contributed by atoms with Gasteiger partial charge >= 0.3 is 0 Å². The zero-order chi connectivity index (χ0) is 15.1. The highest BCUT2D eigenvalue weighted by atomic mass is 32.2. The number of thioether (sulfide) groups is 1. The first-order valence-electron chi connectivity index (χ1n) is 6.75. The number of benzene rings is 1. The molecule has 0 bridgehead atoms. The molecule has 0 aliphatic carbocycles. The molecule has 0 saturated heterocycles. The number of hydrogen-bond acceptors (Lipinski definition) is 5. The summed E-state index contributed by atoms with van der Waals surface area (Å²) in [6.07, 6.45) is 3.76. The van der Waals surface area contributed by atoms with Crippen LogP contribution in [0.5, 0.6) is 0 Å². The maximum atomic E-state index is 12.0. The fourth-order valence-corrected chi connectivity index (χ4v) is 2.39. The van der Waals surface area contributed by atoms with Crippen LogP contribution in [0, 0.1) is 0 Å². The maximum absolute atomic E-state index is 12.0. The largest absolute Gasteiger partial charge is 0.323 e. The second kappa shape index (κ2) is 7.80. The van der Waals surface area contributed by atoms with E-state index in [1.807, 2.05) is 37.4 Å². The van der Waals surface area contributed by atoms with Gasteiger partial charge in [-0.1, -0.05) is 24.3 Å². The first kappa shape index (κ1) is 15.5. The fraction of sp³-hybridized carbons (Fsp3) is 0.357. The molecule has 0 aliphatic heterocycles. The quantitative estimate of drug-likeness (QED) is 0.763. The van der Waals surface area contributed by atoms with Crippen molar-refractivity contribution in [3.63, 3.8) is 0 Å². The van der Waals surface area contributed by atoms with Crippen LogP contribution in [0.15, 0.2) is 35.4 Å². The van der Waals surface area contributed by atoms with E-state index in [0.717, 1.165) is 22.8 Å². The number of nitrogens with one attached hydrogen (secondary N) is 2. The molecule has 0 fully saturated rings. The van der Waals surface area contributed by atoms with E-state index in [2.05, 4.69) is 20.9 Å². The number of hydrogen-bond donors (Lipinski definition) is 2. The third-order valence-electron chi connectivity index (χ3n) is 2.83. The summed E-state index contributed by atoms with van der Waals surface area (Å²) in [5.41, 5.74) is 1.65. The molecule has 112 valence electrons. The summed E-state index contributed by atoms with van der Waals surface area (Å²) in [5.74, 6) is -0.114. The monoisotopic (exact) mass is 305 g/mol. The Kier molecular flexibility index (Phi) is 5.77. The molecular formula is C14H19N5OS. The summed E-state index contributed by atoms with van der Waals surface area (Å²) in [7, 11) is 0. The van der Waals surface area contributed by atoms with E-state index < -0.39 is 0 Å². The Balaban J connectivity index is 1.93. The lowest BCUT2D eigenvalue weighted by atomic mass is 10.3. The molecule has 0 saturated carbocycles. The van der Waals surface area contributed by atoms with E-state index in [9.17, 15) is 4.79 Å². The Bertz CT molecular complexity index is 599. The Morgan fingerprint density at radius 3 is 2.95 bits per heavy atom. The van der Waals surface area contributed by atoms with Crippen LogP contribution in [0.1, 0.15) is 12.6 Å². The summed E-state index contributed by atoms with van der Waals surface area (Å²) in [4.78, 5) is 13.1. The van der Waals surface area contributed by atoms with Crippen molar-refractivity contribution in [1.29, 1.82) is 0 Å². The molecule has 0 atom stereocenters. The number of carbonyl (C=O) groups excluding carboxylic acids is 1. The second-order valence-corrected chi connectivity index (χ2v) is 5.28. The average Bonchev–Trinajstić information content (AvgIpc) is 2.93. The Labute approximate surface area is 128 Å². The smallest absolute Gasteiger partial charge is 0.246 e. The zero-order valence-corrected chi connectivity index (χ0v) is 13.0. The first-order valence-corrected chi connectivity index (χ1v) is 7.98. The normalized spacial score (nSPS) is 10.6. The van der Waals surface area contributed by atoms with E-state index >= 15 is 0 Å². The highest BCUT2D eigenvalue weighted by Gasteiger charge is 2.08. The van der Waals surface area contributed by atoms with E-state index in [0.29, 0.717) is 6.54 Å². The van der Waals surface area contributed by atoms with Gasteiger partial charge < -0.3 is 10.6 Å². The van der Waals surface area contributed by atoms with Crippen molar-refractivity contribution in [3.05, 3.63) is 36.2 Å². The molecule has 1 aromatic heterocycles. The predicted molar refractivity (Wildman–Crippen MR) is 84.3 cm³/mol. The van der Waals surface area contributed by atoms with Crippen LogP contribution in [0.25, 0.3) is 0 Å². The highest BCUT2D eigenvalue weighted by molar-refractivity contribution is 7.98. The van der Waals surface area contributed by atoms with E-state index in [4.69, 9.17) is 0 Å². The van der Waals surface area contributed by atoms with Gasteiger partial charge in [0.15, 0.2) is 0 Å². The number of nitrogens with zero attached hydrogens (tertiary/aromatic N) is 3. The van der Waals surface area contributed by atoms with Crippen LogP contribution in [0.2, 0.25) is 0 Å². The third kappa shape index (κ3) is 4.57. The minimum Gasteiger partial charge on any atom is -0.323 e. The van der Waals surface area contributed by atoms with Gasteiger partial charge in [0.25, 0.3) is 0 Å². The SMILES string of the molecule is CCNCc1cn(CC(=O)Nc2ccccc2SC)nn1. The lowest BCUT2D eigenvalue weighted by Crippen LogP contribution is -2.19. The molecule has 1 amide bonds. The highest BCUT2D eigenvalue weighted by Crippen LogP contribution is 2.24. The predicted octanol–water partition coefficient (Wildman–Crippen LogP) is 1.75. The van der Waals surface area contributed by atoms with Crippen molar-refractivity contribution in [2.24, 2.45) is 0 Å². The number of carbonyl (C=O) groups is 1. The van der Waals surface area contributed by atoms with Crippen molar-refractivity contribution in [3.8, 4) is 0 Å². The molecule has 2 rings (SSSR count). The number of rotatable bonds is 7. The molecule has 6 nitrogen and oxygen atoms in total. The molecule has 2 aromatic rings. The van der Waals surface area contributed by atoms with Crippen LogP contribution in [-0.2, 0) is 17.9 Å². The molecule has 0 spiro atoms. The van der Waals surface area contributed by atoms with Crippen molar-refractivity contribution in [2.75, 3.05) is 18.1 Å². The second-order valence-electron chi connectivity index (χ2n) is 4.44. The molecule has 0 unspecified atom stereocenters. The fourth-order valence-electron chi connectivity index (χ4n) is 1.83. The average molecular weight is 305 g/mol. The standard InChI is InChI=1S/C14H19N5OS/c1-3-15-8-11-9-19(18-17-11)10-14(20)16-12-6-4-5-7-13(12)21-2/h4-7,9,15H,3,8,10H2,1-2H3,(H,16,20).